The first kappa shape index (κ1) is 11.6. The molecule has 0 saturated heterocycles. The van der Waals surface area contributed by atoms with E-state index in [4.69, 9.17) is 5.26 Å². The standard InChI is InChI=1S/C13H8BrFN2/c14-10-2-5-11(6-3-10)17-12-4-1-9(8-16)13(15)7-12/h1-7,17H. The smallest absolute Gasteiger partial charge is 0.143 e. The highest BCUT2D eigenvalue weighted by molar-refractivity contribution is 9.10. The predicted molar refractivity (Wildman–Crippen MR) is 68.5 cm³/mol. The van der Waals surface area contributed by atoms with Crippen molar-refractivity contribution in [2.45, 2.75) is 0 Å². The van der Waals surface area contributed by atoms with Gasteiger partial charge in [-0.25, -0.2) is 4.39 Å². The molecule has 0 saturated carbocycles. The van der Waals surface area contributed by atoms with Crippen LogP contribution in [0.3, 0.4) is 0 Å². The van der Waals surface area contributed by atoms with Crippen molar-refractivity contribution in [3.8, 4) is 6.07 Å². The van der Waals surface area contributed by atoms with E-state index in [1.54, 1.807) is 12.1 Å². The van der Waals surface area contributed by atoms with Gasteiger partial charge in [0.15, 0.2) is 0 Å². The van der Waals surface area contributed by atoms with Crippen LogP contribution in [0, 0.1) is 17.1 Å². The fourth-order valence-corrected chi connectivity index (χ4v) is 1.65. The third-order valence-electron chi connectivity index (χ3n) is 2.22. The maximum atomic E-state index is 13.3. The number of nitriles is 1. The lowest BCUT2D eigenvalue weighted by atomic mass is 10.2. The first-order valence-electron chi connectivity index (χ1n) is 4.91. The van der Waals surface area contributed by atoms with E-state index in [9.17, 15) is 4.39 Å². The molecule has 2 aromatic carbocycles. The Labute approximate surface area is 107 Å². The molecule has 0 aliphatic heterocycles. The molecule has 0 heterocycles. The van der Waals surface area contributed by atoms with Gasteiger partial charge in [0.25, 0.3) is 0 Å². The first-order valence-corrected chi connectivity index (χ1v) is 5.70. The number of hydrogen-bond donors (Lipinski definition) is 1. The van der Waals surface area contributed by atoms with E-state index in [0.29, 0.717) is 5.69 Å². The Morgan fingerprint density at radius 2 is 1.71 bits per heavy atom. The van der Waals surface area contributed by atoms with Crippen LogP contribution >= 0.6 is 15.9 Å². The molecule has 1 N–H and O–H groups in total. The number of nitrogens with zero attached hydrogens (tertiary/aromatic N) is 1. The summed E-state index contributed by atoms with van der Waals surface area (Å²) in [7, 11) is 0. The molecular weight excluding hydrogens is 283 g/mol. The van der Waals surface area contributed by atoms with Gasteiger partial charge in [-0.1, -0.05) is 15.9 Å². The Kier molecular flexibility index (Phi) is 3.40. The molecule has 0 aliphatic rings. The molecule has 84 valence electrons. The first-order chi connectivity index (χ1) is 8.19. The van der Waals surface area contributed by atoms with Crippen molar-refractivity contribution in [1.29, 1.82) is 5.26 Å². The van der Waals surface area contributed by atoms with E-state index in [2.05, 4.69) is 21.2 Å². The van der Waals surface area contributed by atoms with E-state index in [-0.39, 0.29) is 5.56 Å². The number of rotatable bonds is 2. The van der Waals surface area contributed by atoms with Crippen LogP contribution in [-0.2, 0) is 0 Å². The predicted octanol–water partition coefficient (Wildman–Crippen LogP) is 4.20. The van der Waals surface area contributed by atoms with Crippen LogP contribution in [0.4, 0.5) is 15.8 Å². The summed E-state index contributed by atoms with van der Waals surface area (Å²) in [5, 5.41) is 11.7. The average Bonchev–Trinajstić information content (AvgIpc) is 2.32. The Morgan fingerprint density at radius 1 is 1.06 bits per heavy atom. The fourth-order valence-electron chi connectivity index (χ4n) is 1.38. The average molecular weight is 291 g/mol. The minimum atomic E-state index is -0.519. The second kappa shape index (κ2) is 4.98. The van der Waals surface area contributed by atoms with Crippen molar-refractivity contribution in [3.05, 3.63) is 58.3 Å². The minimum absolute atomic E-state index is 0.0476. The third kappa shape index (κ3) is 2.83. The maximum Gasteiger partial charge on any atom is 0.143 e. The molecule has 0 unspecified atom stereocenters. The Hall–Kier alpha value is -1.86. The summed E-state index contributed by atoms with van der Waals surface area (Å²) in [5.74, 6) is -0.519. The molecule has 0 aromatic heterocycles. The lowest BCUT2D eigenvalue weighted by Crippen LogP contribution is -1.92. The van der Waals surface area contributed by atoms with Gasteiger partial charge in [-0.2, -0.15) is 5.26 Å². The molecule has 4 heteroatoms. The molecular formula is C13H8BrFN2. The number of hydrogen-bond acceptors (Lipinski definition) is 2. The van der Waals surface area contributed by atoms with Gasteiger partial charge in [0.1, 0.15) is 11.9 Å². The van der Waals surface area contributed by atoms with E-state index in [1.807, 2.05) is 24.3 Å². The monoisotopic (exact) mass is 290 g/mol. The van der Waals surface area contributed by atoms with Crippen molar-refractivity contribution < 1.29 is 4.39 Å². The highest BCUT2D eigenvalue weighted by atomic mass is 79.9. The molecule has 0 atom stereocenters. The summed E-state index contributed by atoms with van der Waals surface area (Å²) in [6.07, 6.45) is 0. The number of benzene rings is 2. The second-order valence-corrected chi connectivity index (χ2v) is 4.35. The van der Waals surface area contributed by atoms with Gasteiger partial charge in [0.2, 0.25) is 0 Å². The highest BCUT2D eigenvalue weighted by Gasteiger charge is 2.02. The Balaban J connectivity index is 2.22. The summed E-state index contributed by atoms with van der Waals surface area (Å²) < 4.78 is 14.3. The Bertz CT molecular complexity index is 573. The van der Waals surface area contributed by atoms with Crippen LogP contribution in [0.1, 0.15) is 5.56 Å². The van der Waals surface area contributed by atoms with Crippen molar-refractivity contribution in [1.82, 2.24) is 0 Å². The van der Waals surface area contributed by atoms with Crippen LogP contribution in [0.5, 0.6) is 0 Å². The van der Waals surface area contributed by atoms with Gasteiger partial charge in [0, 0.05) is 15.8 Å². The SMILES string of the molecule is N#Cc1ccc(Nc2ccc(Br)cc2)cc1F. The van der Waals surface area contributed by atoms with E-state index in [0.717, 1.165) is 10.2 Å². The molecule has 2 nitrogen and oxygen atoms in total. The van der Waals surface area contributed by atoms with Gasteiger partial charge >= 0.3 is 0 Å². The summed E-state index contributed by atoms with van der Waals surface area (Å²) >= 11 is 3.34. The molecule has 2 rings (SSSR count). The lowest BCUT2D eigenvalue weighted by Gasteiger charge is -2.06. The van der Waals surface area contributed by atoms with Crippen molar-refractivity contribution in [2.75, 3.05) is 5.32 Å². The second-order valence-electron chi connectivity index (χ2n) is 3.44. The summed E-state index contributed by atoms with van der Waals surface area (Å²) in [4.78, 5) is 0. The molecule has 0 aliphatic carbocycles. The fraction of sp³-hybridized carbons (Fsp3) is 0. The van der Waals surface area contributed by atoms with Gasteiger partial charge in [0.05, 0.1) is 5.56 Å². The van der Waals surface area contributed by atoms with E-state index < -0.39 is 5.82 Å². The highest BCUT2D eigenvalue weighted by Crippen LogP contribution is 2.20. The molecule has 0 spiro atoms. The van der Waals surface area contributed by atoms with E-state index in [1.165, 1.54) is 12.1 Å². The van der Waals surface area contributed by atoms with Gasteiger partial charge in [-0.3, -0.25) is 0 Å². The molecule has 0 bridgehead atoms. The largest absolute Gasteiger partial charge is 0.355 e. The van der Waals surface area contributed by atoms with Crippen LogP contribution in [0.15, 0.2) is 46.9 Å². The summed E-state index contributed by atoms with van der Waals surface area (Å²) in [6.45, 7) is 0. The normalized spacial score (nSPS) is 9.71. The Morgan fingerprint density at radius 3 is 2.29 bits per heavy atom. The minimum Gasteiger partial charge on any atom is -0.355 e. The van der Waals surface area contributed by atoms with Crippen LogP contribution < -0.4 is 5.32 Å². The molecule has 0 amide bonds. The summed E-state index contributed by atoms with van der Waals surface area (Å²) in [6, 6.07) is 13.7. The number of halogens is 2. The van der Waals surface area contributed by atoms with Gasteiger partial charge < -0.3 is 5.32 Å². The summed E-state index contributed by atoms with van der Waals surface area (Å²) in [5.41, 5.74) is 1.52. The maximum absolute atomic E-state index is 13.3. The zero-order valence-corrected chi connectivity index (χ0v) is 10.3. The molecule has 17 heavy (non-hydrogen) atoms. The zero-order valence-electron chi connectivity index (χ0n) is 8.74. The molecule has 2 aromatic rings. The van der Waals surface area contributed by atoms with Crippen molar-refractivity contribution in [3.63, 3.8) is 0 Å². The van der Waals surface area contributed by atoms with Crippen molar-refractivity contribution >= 4 is 27.3 Å². The number of anilines is 2. The van der Waals surface area contributed by atoms with E-state index >= 15 is 0 Å². The number of nitrogens with one attached hydrogen (secondary N) is 1. The molecule has 0 fully saturated rings. The van der Waals surface area contributed by atoms with Crippen LogP contribution in [0.2, 0.25) is 0 Å². The zero-order chi connectivity index (χ0) is 12.3. The van der Waals surface area contributed by atoms with Crippen LogP contribution in [0.25, 0.3) is 0 Å². The van der Waals surface area contributed by atoms with Crippen LogP contribution in [-0.4, -0.2) is 0 Å². The lowest BCUT2D eigenvalue weighted by molar-refractivity contribution is 0.624. The topological polar surface area (TPSA) is 35.8 Å². The van der Waals surface area contributed by atoms with Gasteiger partial charge in [-0.05, 0) is 42.5 Å². The third-order valence-corrected chi connectivity index (χ3v) is 2.75. The van der Waals surface area contributed by atoms with Gasteiger partial charge in [-0.15, -0.1) is 0 Å². The van der Waals surface area contributed by atoms with Crippen molar-refractivity contribution in [2.24, 2.45) is 0 Å². The molecule has 0 radical (unpaired) electrons. The quantitative estimate of drug-likeness (QED) is 0.900.